The molecule has 1 atom stereocenters. The van der Waals surface area contributed by atoms with Crippen molar-refractivity contribution in [3.05, 3.63) is 64.7 Å². The fourth-order valence-corrected chi connectivity index (χ4v) is 4.80. The van der Waals surface area contributed by atoms with Gasteiger partial charge in [0.1, 0.15) is 5.57 Å². The molecule has 1 saturated heterocycles. The lowest BCUT2D eigenvalue weighted by Gasteiger charge is -2.45. The van der Waals surface area contributed by atoms with E-state index >= 15 is 0 Å². The third-order valence-corrected chi connectivity index (χ3v) is 6.72. The molecule has 0 radical (unpaired) electrons. The molecule has 2 aliphatic rings. The van der Waals surface area contributed by atoms with Crippen LogP contribution in [0.15, 0.2) is 48.0 Å². The first-order valence-corrected chi connectivity index (χ1v) is 10.9. The molecule has 6 heteroatoms. The topological polar surface area (TPSA) is 52.7 Å². The van der Waals surface area contributed by atoms with Gasteiger partial charge in [-0.2, -0.15) is 0 Å². The summed E-state index contributed by atoms with van der Waals surface area (Å²) in [5.41, 5.74) is 5.11. The number of anilines is 2. The van der Waals surface area contributed by atoms with Gasteiger partial charge in [-0.05, 0) is 92.4 Å². The third kappa shape index (κ3) is 3.65. The van der Waals surface area contributed by atoms with Gasteiger partial charge in [0.2, 0.25) is 0 Å². The molecule has 1 fully saturated rings. The first-order chi connectivity index (χ1) is 14.6. The zero-order valence-corrected chi connectivity index (χ0v) is 19.3. The van der Waals surface area contributed by atoms with Gasteiger partial charge in [-0.25, -0.2) is 0 Å². The fraction of sp³-hybridized carbons (Fsp3) is 0.320. The lowest BCUT2D eigenvalue weighted by Crippen LogP contribution is -2.54. The molecule has 31 heavy (non-hydrogen) atoms. The van der Waals surface area contributed by atoms with E-state index in [4.69, 9.17) is 12.2 Å². The second kappa shape index (κ2) is 7.61. The Morgan fingerprint density at radius 1 is 1.16 bits per heavy atom. The molecule has 2 aromatic rings. The molecule has 4 rings (SSSR count). The van der Waals surface area contributed by atoms with Crippen LogP contribution in [0.1, 0.15) is 49.8 Å². The van der Waals surface area contributed by atoms with E-state index in [9.17, 15) is 9.59 Å². The maximum Gasteiger partial charge on any atom is 0.270 e. The van der Waals surface area contributed by atoms with Crippen LogP contribution in [-0.4, -0.2) is 29.5 Å². The molecule has 0 bridgehead atoms. The lowest BCUT2D eigenvalue weighted by molar-refractivity contribution is -0.122. The number of nitrogens with one attached hydrogen (secondary N) is 1. The number of amides is 2. The number of aryl methyl sites for hydroxylation is 1. The molecule has 1 N–H and O–H groups in total. The van der Waals surface area contributed by atoms with Crippen molar-refractivity contribution in [2.45, 2.75) is 45.6 Å². The van der Waals surface area contributed by atoms with Gasteiger partial charge in [-0.3, -0.25) is 19.8 Å². The van der Waals surface area contributed by atoms with Crippen molar-refractivity contribution in [2.75, 3.05) is 16.8 Å². The third-order valence-electron chi connectivity index (χ3n) is 6.44. The Balaban J connectivity index is 1.78. The minimum atomic E-state index is -0.467. The van der Waals surface area contributed by atoms with Gasteiger partial charge in [-0.15, -0.1) is 0 Å². The van der Waals surface area contributed by atoms with E-state index in [0.717, 1.165) is 17.5 Å². The summed E-state index contributed by atoms with van der Waals surface area (Å²) in [4.78, 5) is 29.6. The minimum Gasteiger partial charge on any atom is -0.369 e. The van der Waals surface area contributed by atoms with Crippen LogP contribution in [0.3, 0.4) is 0 Å². The number of rotatable bonds is 2. The number of carbonyl (C=O) groups excluding carboxylic acids is 2. The van der Waals surface area contributed by atoms with Crippen molar-refractivity contribution in [1.29, 1.82) is 0 Å². The van der Waals surface area contributed by atoms with Gasteiger partial charge in [0.25, 0.3) is 11.8 Å². The Labute approximate surface area is 188 Å². The summed E-state index contributed by atoms with van der Waals surface area (Å²) < 4.78 is 0. The molecule has 1 unspecified atom stereocenters. The van der Waals surface area contributed by atoms with Crippen molar-refractivity contribution >= 4 is 46.6 Å². The summed E-state index contributed by atoms with van der Waals surface area (Å²) in [6.45, 7) is 8.75. The Bertz CT molecular complexity index is 1120. The fourth-order valence-electron chi connectivity index (χ4n) is 4.51. The summed E-state index contributed by atoms with van der Waals surface area (Å²) in [6, 6.07) is 13.4. The van der Waals surface area contributed by atoms with Crippen LogP contribution in [0.25, 0.3) is 6.08 Å². The predicted molar refractivity (Wildman–Crippen MR) is 129 cm³/mol. The summed E-state index contributed by atoms with van der Waals surface area (Å²) in [6.07, 6.45) is 2.72. The van der Waals surface area contributed by atoms with Crippen molar-refractivity contribution in [3.8, 4) is 0 Å². The van der Waals surface area contributed by atoms with Crippen LogP contribution in [0.4, 0.5) is 11.4 Å². The number of carbonyl (C=O) groups is 2. The van der Waals surface area contributed by atoms with E-state index in [1.54, 1.807) is 18.2 Å². The predicted octanol–water partition coefficient (Wildman–Crippen LogP) is 4.55. The SMILES string of the molecule is Cc1cc2c(cc1/C=C1\C(=O)NC(=S)N(c3ccccc3)C1=O)C(C)CC(C)(C)N2C. The zero-order chi connectivity index (χ0) is 22.5. The average Bonchev–Trinajstić information content (AvgIpc) is 2.70. The van der Waals surface area contributed by atoms with E-state index < -0.39 is 11.8 Å². The highest BCUT2D eigenvalue weighted by Crippen LogP contribution is 2.43. The summed E-state index contributed by atoms with van der Waals surface area (Å²) in [5.74, 6) is -0.503. The Morgan fingerprint density at radius 2 is 1.84 bits per heavy atom. The normalized spacial score (nSPS) is 21.9. The van der Waals surface area contributed by atoms with Crippen molar-refractivity contribution < 1.29 is 9.59 Å². The molecular weight excluding hydrogens is 406 g/mol. The van der Waals surface area contributed by atoms with Crippen LogP contribution in [0.5, 0.6) is 0 Å². The van der Waals surface area contributed by atoms with E-state index in [-0.39, 0.29) is 16.2 Å². The van der Waals surface area contributed by atoms with Crippen LogP contribution in [0.2, 0.25) is 0 Å². The largest absolute Gasteiger partial charge is 0.369 e. The summed E-state index contributed by atoms with van der Waals surface area (Å²) in [7, 11) is 2.12. The number of benzene rings is 2. The minimum absolute atomic E-state index is 0.0734. The van der Waals surface area contributed by atoms with Crippen molar-refractivity contribution in [2.24, 2.45) is 0 Å². The van der Waals surface area contributed by atoms with E-state index in [0.29, 0.717) is 11.6 Å². The van der Waals surface area contributed by atoms with Crippen LogP contribution in [-0.2, 0) is 9.59 Å². The monoisotopic (exact) mass is 433 g/mol. The maximum absolute atomic E-state index is 13.3. The Hall–Kier alpha value is -2.99. The molecule has 0 aromatic heterocycles. The number of para-hydroxylation sites is 1. The van der Waals surface area contributed by atoms with Crippen LogP contribution in [0, 0.1) is 6.92 Å². The Kier molecular flexibility index (Phi) is 5.21. The highest BCUT2D eigenvalue weighted by molar-refractivity contribution is 7.80. The number of hydrogen-bond donors (Lipinski definition) is 1. The number of hydrogen-bond acceptors (Lipinski definition) is 4. The number of thiocarbonyl (C=S) groups is 1. The molecule has 2 heterocycles. The molecule has 2 aliphatic heterocycles. The van der Waals surface area contributed by atoms with Gasteiger partial charge in [0.15, 0.2) is 5.11 Å². The maximum atomic E-state index is 13.3. The van der Waals surface area contributed by atoms with Crippen molar-refractivity contribution in [3.63, 3.8) is 0 Å². The Morgan fingerprint density at radius 3 is 2.52 bits per heavy atom. The lowest BCUT2D eigenvalue weighted by atomic mass is 9.79. The number of nitrogens with zero attached hydrogens (tertiary/aromatic N) is 2. The van der Waals surface area contributed by atoms with Gasteiger partial charge in [-0.1, -0.05) is 25.1 Å². The molecule has 160 valence electrons. The summed E-state index contributed by atoms with van der Waals surface area (Å²) in [5, 5.41) is 2.75. The van der Waals surface area contributed by atoms with E-state index in [1.165, 1.54) is 16.2 Å². The van der Waals surface area contributed by atoms with Gasteiger partial charge in [0, 0.05) is 18.3 Å². The second-order valence-electron chi connectivity index (χ2n) is 9.04. The highest BCUT2D eigenvalue weighted by atomic mass is 32.1. The quantitative estimate of drug-likeness (QED) is 0.429. The van der Waals surface area contributed by atoms with E-state index in [2.05, 4.69) is 50.2 Å². The van der Waals surface area contributed by atoms with Gasteiger partial charge < -0.3 is 4.90 Å². The highest BCUT2D eigenvalue weighted by Gasteiger charge is 2.36. The van der Waals surface area contributed by atoms with Gasteiger partial charge in [0.05, 0.1) is 5.69 Å². The zero-order valence-electron chi connectivity index (χ0n) is 18.5. The smallest absolute Gasteiger partial charge is 0.270 e. The first kappa shape index (κ1) is 21.2. The molecule has 5 nitrogen and oxygen atoms in total. The van der Waals surface area contributed by atoms with Crippen LogP contribution >= 0.6 is 12.2 Å². The standard InChI is InChI=1S/C25H27N3O2S/c1-15-11-21-19(16(2)14-25(3,4)27(21)5)12-17(15)13-20-22(29)26-24(31)28(23(20)30)18-9-7-6-8-10-18/h6-13,16H,14H2,1-5H3,(H,26,29,31)/b20-13+. The molecule has 2 aromatic carbocycles. The molecule has 2 amide bonds. The average molecular weight is 434 g/mol. The molecule has 0 aliphatic carbocycles. The van der Waals surface area contributed by atoms with Gasteiger partial charge >= 0.3 is 0 Å². The molecular formula is C25H27N3O2S. The second-order valence-corrected chi connectivity index (χ2v) is 9.42. The number of fused-ring (bicyclic) bond motifs is 1. The molecule has 0 spiro atoms. The van der Waals surface area contributed by atoms with Crippen molar-refractivity contribution in [1.82, 2.24) is 5.32 Å². The summed E-state index contributed by atoms with van der Waals surface area (Å²) >= 11 is 5.28. The van der Waals surface area contributed by atoms with E-state index in [1.807, 2.05) is 25.1 Å². The first-order valence-electron chi connectivity index (χ1n) is 10.4. The van der Waals surface area contributed by atoms with Crippen LogP contribution < -0.4 is 15.1 Å². The molecule has 0 saturated carbocycles.